The van der Waals surface area contributed by atoms with E-state index in [1.165, 1.54) is 12.1 Å². The SMILES string of the molecule is CC(C)c1ccc(N(CC(=O)Nc2ccc(OCc3ccccc3)cc2)S(=O)(=O)c2ccccc2)cc1. The van der Waals surface area contributed by atoms with E-state index in [0.717, 1.165) is 15.4 Å². The van der Waals surface area contributed by atoms with Gasteiger partial charge in [-0.3, -0.25) is 9.10 Å². The molecular formula is C30H30N2O4S. The van der Waals surface area contributed by atoms with Gasteiger partial charge < -0.3 is 10.1 Å². The number of nitrogens with one attached hydrogen (secondary N) is 1. The molecule has 37 heavy (non-hydrogen) atoms. The van der Waals surface area contributed by atoms with Gasteiger partial charge in [-0.2, -0.15) is 0 Å². The summed E-state index contributed by atoms with van der Waals surface area (Å²) in [6.07, 6.45) is 0. The van der Waals surface area contributed by atoms with E-state index >= 15 is 0 Å². The molecule has 0 fully saturated rings. The van der Waals surface area contributed by atoms with Gasteiger partial charge in [0, 0.05) is 5.69 Å². The summed E-state index contributed by atoms with van der Waals surface area (Å²) in [5.41, 5.74) is 3.11. The molecule has 0 aliphatic rings. The van der Waals surface area contributed by atoms with E-state index in [4.69, 9.17) is 4.74 Å². The molecule has 190 valence electrons. The van der Waals surface area contributed by atoms with Gasteiger partial charge in [-0.05, 0) is 65.6 Å². The Labute approximate surface area is 218 Å². The molecular weight excluding hydrogens is 484 g/mol. The number of sulfonamides is 1. The Morgan fingerprint density at radius 3 is 2.00 bits per heavy atom. The highest BCUT2D eigenvalue weighted by atomic mass is 32.2. The van der Waals surface area contributed by atoms with E-state index in [2.05, 4.69) is 19.2 Å². The van der Waals surface area contributed by atoms with E-state index in [1.807, 2.05) is 42.5 Å². The predicted octanol–water partition coefficient (Wildman–Crippen LogP) is 6.22. The third-order valence-electron chi connectivity index (χ3n) is 5.85. The van der Waals surface area contributed by atoms with Crippen molar-refractivity contribution in [2.24, 2.45) is 0 Å². The van der Waals surface area contributed by atoms with Crippen molar-refractivity contribution in [2.75, 3.05) is 16.2 Å². The normalized spacial score (nSPS) is 11.2. The highest BCUT2D eigenvalue weighted by Crippen LogP contribution is 2.26. The summed E-state index contributed by atoms with van der Waals surface area (Å²) in [5.74, 6) is 0.516. The molecule has 1 amide bonds. The van der Waals surface area contributed by atoms with Gasteiger partial charge in [0.05, 0.1) is 10.6 Å². The van der Waals surface area contributed by atoms with Crippen LogP contribution in [0.4, 0.5) is 11.4 Å². The molecule has 0 atom stereocenters. The third-order valence-corrected chi connectivity index (χ3v) is 7.64. The number of anilines is 2. The number of carbonyl (C=O) groups is 1. The van der Waals surface area contributed by atoms with Gasteiger partial charge in [-0.25, -0.2) is 8.42 Å². The average molecular weight is 515 g/mol. The molecule has 0 bridgehead atoms. The monoisotopic (exact) mass is 514 g/mol. The molecule has 0 spiro atoms. The standard InChI is InChI=1S/C30H30N2O4S/c1-23(2)25-13-17-27(18-14-25)32(37(34,35)29-11-7-4-8-12-29)21-30(33)31-26-15-19-28(20-16-26)36-22-24-9-5-3-6-10-24/h3-20,23H,21-22H2,1-2H3,(H,31,33). The van der Waals surface area contributed by atoms with E-state index in [0.29, 0.717) is 29.6 Å². The van der Waals surface area contributed by atoms with Crippen molar-refractivity contribution in [1.82, 2.24) is 0 Å². The maximum atomic E-state index is 13.5. The van der Waals surface area contributed by atoms with Crippen molar-refractivity contribution in [3.63, 3.8) is 0 Å². The largest absolute Gasteiger partial charge is 0.489 e. The van der Waals surface area contributed by atoms with Crippen LogP contribution in [-0.2, 0) is 21.4 Å². The summed E-state index contributed by atoms with van der Waals surface area (Å²) >= 11 is 0. The second kappa shape index (κ2) is 11.8. The Bertz CT molecular complexity index is 1400. The van der Waals surface area contributed by atoms with Gasteiger partial charge in [0.2, 0.25) is 5.91 Å². The molecule has 4 aromatic carbocycles. The summed E-state index contributed by atoms with van der Waals surface area (Å²) in [4.78, 5) is 13.1. The van der Waals surface area contributed by atoms with Crippen molar-refractivity contribution < 1.29 is 17.9 Å². The molecule has 0 unspecified atom stereocenters. The lowest BCUT2D eigenvalue weighted by molar-refractivity contribution is -0.114. The molecule has 0 aromatic heterocycles. The van der Waals surface area contributed by atoms with Gasteiger partial charge in [-0.1, -0.05) is 74.5 Å². The zero-order valence-electron chi connectivity index (χ0n) is 20.9. The molecule has 1 N–H and O–H groups in total. The van der Waals surface area contributed by atoms with Crippen LogP contribution in [0.2, 0.25) is 0 Å². The minimum Gasteiger partial charge on any atom is -0.489 e. The second-order valence-electron chi connectivity index (χ2n) is 8.92. The molecule has 0 aliphatic carbocycles. The number of benzene rings is 4. The fourth-order valence-corrected chi connectivity index (χ4v) is 5.21. The van der Waals surface area contributed by atoms with Crippen LogP contribution < -0.4 is 14.4 Å². The van der Waals surface area contributed by atoms with E-state index in [9.17, 15) is 13.2 Å². The molecule has 0 radical (unpaired) electrons. The lowest BCUT2D eigenvalue weighted by Crippen LogP contribution is -2.38. The summed E-state index contributed by atoms with van der Waals surface area (Å²) in [7, 11) is -3.96. The molecule has 4 rings (SSSR count). The number of nitrogens with zero attached hydrogens (tertiary/aromatic N) is 1. The topological polar surface area (TPSA) is 75.7 Å². The minimum atomic E-state index is -3.96. The summed E-state index contributed by atoms with van der Waals surface area (Å²) in [6, 6.07) is 32.2. The summed E-state index contributed by atoms with van der Waals surface area (Å²) < 4.78 is 33.9. The van der Waals surface area contributed by atoms with Crippen LogP contribution in [0.15, 0.2) is 114 Å². The molecule has 6 nitrogen and oxygen atoms in total. The van der Waals surface area contributed by atoms with Crippen LogP contribution in [0.25, 0.3) is 0 Å². The first-order valence-corrected chi connectivity index (χ1v) is 13.5. The predicted molar refractivity (Wildman–Crippen MR) is 147 cm³/mol. The molecule has 0 aliphatic heterocycles. The van der Waals surface area contributed by atoms with E-state index in [-0.39, 0.29) is 11.4 Å². The molecule has 0 heterocycles. The van der Waals surface area contributed by atoms with Crippen LogP contribution in [0.3, 0.4) is 0 Å². The van der Waals surface area contributed by atoms with Gasteiger partial charge in [0.25, 0.3) is 10.0 Å². The average Bonchev–Trinajstić information content (AvgIpc) is 2.92. The summed E-state index contributed by atoms with van der Waals surface area (Å²) in [5, 5.41) is 2.80. The molecule has 0 saturated carbocycles. The Balaban J connectivity index is 1.48. The van der Waals surface area contributed by atoms with Crippen LogP contribution in [-0.4, -0.2) is 20.9 Å². The van der Waals surface area contributed by atoms with Gasteiger partial charge in [0.15, 0.2) is 0 Å². The second-order valence-corrected chi connectivity index (χ2v) is 10.8. The fraction of sp³-hybridized carbons (Fsp3) is 0.167. The van der Waals surface area contributed by atoms with Crippen LogP contribution in [0, 0.1) is 0 Å². The quantitative estimate of drug-likeness (QED) is 0.272. The van der Waals surface area contributed by atoms with Gasteiger partial charge in [0.1, 0.15) is 18.9 Å². The van der Waals surface area contributed by atoms with Gasteiger partial charge in [-0.15, -0.1) is 0 Å². The van der Waals surface area contributed by atoms with Crippen molar-refractivity contribution in [3.05, 3.63) is 120 Å². The first-order valence-electron chi connectivity index (χ1n) is 12.1. The number of rotatable bonds is 10. The number of hydrogen-bond acceptors (Lipinski definition) is 4. The third kappa shape index (κ3) is 6.77. The smallest absolute Gasteiger partial charge is 0.264 e. The maximum Gasteiger partial charge on any atom is 0.264 e. The molecule has 0 saturated heterocycles. The Hall–Kier alpha value is -4.10. The summed E-state index contributed by atoms with van der Waals surface area (Å²) in [6.45, 7) is 4.21. The highest BCUT2D eigenvalue weighted by Gasteiger charge is 2.27. The first kappa shape index (κ1) is 26.0. The van der Waals surface area contributed by atoms with Crippen LogP contribution in [0.1, 0.15) is 30.9 Å². The Morgan fingerprint density at radius 2 is 1.41 bits per heavy atom. The number of ether oxygens (including phenoxy) is 1. The van der Waals surface area contributed by atoms with Crippen molar-refractivity contribution in [2.45, 2.75) is 31.3 Å². The van der Waals surface area contributed by atoms with Gasteiger partial charge >= 0.3 is 0 Å². The zero-order chi connectivity index (χ0) is 26.3. The molecule has 4 aromatic rings. The number of amides is 1. The Kier molecular flexibility index (Phi) is 8.25. The van der Waals surface area contributed by atoms with Crippen LogP contribution >= 0.6 is 0 Å². The Morgan fingerprint density at radius 1 is 0.811 bits per heavy atom. The lowest BCUT2D eigenvalue weighted by atomic mass is 10.0. The van der Waals surface area contributed by atoms with E-state index < -0.39 is 15.9 Å². The number of carbonyl (C=O) groups excluding carboxylic acids is 1. The zero-order valence-corrected chi connectivity index (χ0v) is 21.7. The van der Waals surface area contributed by atoms with Crippen molar-refractivity contribution in [3.8, 4) is 5.75 Å². The fourth-order valence-electron chi connectivity index (χ4n) is 3.77. The van der Waals surface area contributed by atoms with Crippen molar-refractivity contribution >= 4 is 27.3 Å². The van der Waals surface area contributed by atoms with Crippen molar-refractivity contribution in [1.29, 1.82) is 0 Å². The highest BCUT2D eigenvalue weighted by molar-refractivity contribution is 7.92. The van der Waals surface area contributed by atoms with E-state index in [1.54, 1.807) is 54.6 Å². The first-order chi connectivity index (χ1) is 17.8. The number of hydrogen-bond donors (Lipinski definition) is 1. The minimum absolute atomic E-state index is 0.121. The molecule has 7 heteroatoms. The maximum absolute atomic E-state index is 13.5. The van der Waals surface area contributed by atoms with Crippen LogP contribution in [0.5, 0.6) is 5.75 Å². The lowest BCUT2D eigenvalue weighted by Gasteiger charge is -2.24.